The van der Waals surface area contributed by atoms with E-state index in [9.17, 15) is 19.5 Å². The van der Waals surface area contributed by atoms with Gasteiger partial charge in [0.1, 0.15) is 11.5 Å². The largest absolute Gasteiger partial charge is 0.507 e. The Morgan fingerprint density at radius 1 is 1.23 bits per heavy atom. The number of Topliss-reactive ketones (excluding diaryl/α,β-unsaturated/α-hetero) is 1. The maximum atomic E-state index is 13.3. The minimum absolute atomic E-state index is 0.0439. The molecule has 1 saturated heterocycles. The Labute approximate surface area is 210 Å². The summed E-state index contributed by atoms with van der Waals surface area (Å²) in [5.74, 6) is -2.43. The van der Waals surface area contributed by atoms with Crippen LogP contribution in [0.3, 0.4) is 0 Å². The molecule has 2 aromatic heterocycles. The third-order valence-electron chi connectivity index (χ3n) is 5.93. The predicted octanol–water partition coefficient (Wildman–Crippen LogP) is 4.59. The molecule has 4 rings (SSSR count). The summed E-state index contributed by atoms with van der Waals surface area (Å²) in [6.45, 7) is 5.37. The minimum atomic E-state index is -0.840. The Kier molecular flexibility index (Phi) is 6.88. The third kappa shape index (κ3) is 4.51. The number of carbonyl (C=O) groups excluding carboxylic acids is 3. The number of nitrogens with zero attached hydrogens (tertiary/aromatic N) is 2. The van der Waals surface area contributed by atoms with Crippen molar-refractivity contribution in [2.75, 3.05) is 6.61 Å². The van der Waals surface area contributed by atoms with Crippen molar-refractivity contribution in [2.24, 2.45) is 0 Å². The number of ketones is 1. The molecule has 35 heavy (non-hydrogen) atoms. The zero-order valence-electron chi connectivity index (χ0n) is 19.5. The number of H-pyrrole nitrogens is 1. The molecule has 1 amide bonds. The first-order valence-corrected chi connectivity index (χ1v) is 11.8. The molecule has 180 valence electrons. The molecule has 3 heterocycles. The highest BCUT2D eigenvalue weighted by molar-refractivity contribution is 9.10. The zero-order valence-corrected chi connectivity index (χ0v) is 21.0. The lowest BCUT2D eigenvalue weighted by atomic mass is 9.94. The van der Waals surface area contributed by atoms with E-state index in [4.69, 9.17) is 4.74 Å². The number of pyridine rings is 1. The normalized spacial score (nSPS) is 17.1. The Morgan fingerprint density at radius 2 is 2.00 bits per heavy atom. The molecule has 1 fully saturated rings. The minimum Gasteiger partial charge on any atom is -0.507 e. The zero-order chi connectivity index (χ0) is 25.3. The first-order chi connectivity index (χ1) is 16.7. The van der Waals surface area contributed by atoms with Gasteiger partial charge in [-0.05, 0) is 55.7 Å². The monoisotopic (exact) mass is 537 g/mol. The van der Waals surface area contributed by atoms with E-state index in [0.29, 0.717) is 22.4 Å². The summed E-state index contributed by atoms with van der Waals surface area (Å²) in [5.41, 5.74) is 2.76. The van der Waals surface area contributed by atoms with Crippen molar-refractivity contribution in [3.8, 4) is 0 Å². The van der Waals surface area contributed by atoms with Gasteiger partial charge in [0.2, 0.25) is 0 Å². The summed E-state index contributed by atoms with van der Waals surface area (Å²) in [6.07, 6.45) is 3.26. The van der Waals surface area contributed by atoms with Crippen LogP contribution in [0.1, 0.15) is 51.4 Å². The molecular formula is C26H24BrN3O5. The fraction of sp³-hybridized carbons (Fsp3) is 0.231. The van der Waals surface area contributed by atoms with E-state index in [1.54, 1.807) is 57.4 Å². The fourth-order valence-electron chi connectivity index (χ4n) is 4.40. The standard InChI is InChI=1S/C26H24BrN3O5/c1-4-35-26(34)21-14(2)19(15(3)29-21)23(31)20-22(17-8-5-9-18(27)11-17)30(25(33)24(20)32)13-16-7-6-10-28-12-16/h5-12,22,29,31H,4,13H2,1-3H3/b23-20+/t22-/m1/s1. The lowest BCUT2D eigenvalue weighted by molar-refractivity contribution is -0.140. The molecule has 1 aliphatic rings. The van der Waals surface area contributed by atoms with E-state index in [0.717, 1.165) is 10.0 Å². The highest BCUT2D eigenvalue weighted by Gasteiger charge is 2.46. The summed E-state index contributed by atoms with van der Waals surface area (Å²) in [4.78, 5) is 47.4. The second-order valence-electron chi connectivity index (χ2n) is 8.19. The van der Waals surface area contributed by atoms with E-state index in [1.165, 1.54) is 4.90 Å². The molecule has 1 atom stereocenters. The van der Waals surface area contributed by atoms with E-state index < -0.39 is 23.7 Å². The van der Waals surface area contributed by atoms with Crippen molar-refractivity contribution < 1.29 is 24.2 Å². The number of amides is 1. The summed E-state index contributed by atoms with van der Waals surface area (Å²) in [5, 5.41) is 11.5. The molecule has 8 nitrogen and oxygen atoms in total. The first kappa shape index (κ1) is 24.4. The van der Waals surface area contributed by atoms with Crippen LogP contribution in [0.4, 0.5) is 0 Å². The maximum Gasteiger partial charge on any atom is 0.355 e. The van der Waals surface area contributed by atoms with Gasteiger partial charge in [0, 0.05) is 34.7 Å². The molecule has 0 saturated carbocycles. The number of aromatic amines is 1. The molecule has 9 heteroatoms. The van der Waals surface area contributed by atoms with Crippen molar-refractivity contribution in [3.63, 3.8) is 0 Å². The summed E-state index contributed by atoms with van der Waals surface area (Å²) >= 11 is 3.45. The van der Waals surface area contributed by atoms with Gasteiger partial charge in [-0.3, -0.25) is 14.6 Å². The molecule has 1 aromatic carbocycles. The second-order valence-corrected chi connectivity index (χ2v) is 9.10. The average molecular weight is 538 g/mol. The number of esters is 1. The summed E-state index contributed by atoms with van der Waals surface area (Å²) < 4.78 is 5.86. The van der Waals surface area contributed by atoms with E-state index in [2.05, 4.69) is 25.9 Å². The van der Waals surface area contributed by atoms with Gasteiger partial charge in [-0.1, -0.05) is 34.1 Å². The number of aromatic nitrogens is 2. The number of rotatable bonds is 6. The first-order valence-electron chi connectivity index (χ1n) is 11.0. The summed E-state index contributed by atoms with van der Waals surface area (Å²) in [6, 6.07) is 9.97. The number of hydrogen-bond donors (Lipinski definition) is 2. The number of aliphatic hydroxyl groups excluding tert-OH is 1. The van der Waals surface area contributed by atoms with Crippen LogP contribution in [-0.4, -0.2) is 44.2 Å². The SMILES string of the molecule is CCOC(=O)c1[nH]c(C)c(/C(O)=C2\C(=O)C(=O)N(Cc3cccnc3)[C@@H]2c2cccc(Br)c2)c1C. The second kappa shape index (κ2) is 9.87. The number of nitrogens with one attached hydrogen (secondary N) is 1. The lowest BCUT2D eigenvalue weighted by Crippen LogP contribution is -2.29. The van der Waals surface area contributed by atoms with Gasteiger partial charge in [0.05, 0.1) is 18.2 Å². The van der Waals surface area contributed by atoms with E-state index >= 15 is 0 Å². The van der Waals surface area contributed by atoms with Crippen molar-refractivity contribution in [1.29, 1.82) is 0 Å². The summed E-state index contributed by atoms with van der Waals surface area (Å²) in [7, 11) is 0. The number of carbonyl (C=O) groups is 3. The van der Waals surface area contributed by atoms with Gasteiger partial charge in [-0.15, -0.1) is 0 Å². The number of benzene rings is 1. The molecule has 2 N–H and O–H groups in total. The van der Waals surface area contributed by atoms with Gasteiger partial charge < -0.3 is 19.7 Å². The van der Waals surface area contributed by atoms with Crippen LogP contribution in [0, 0.1) is 13.8 Å². The van der Waals surface area contributed by atoms with Crippen molar-refractivity contribution in [2.45, 2.75) is 33.4 Å². The molecule has 1 aliphatic heterocycles. The highest BCUT2D eigenvalue weighted by Crippen LogP contribution is 2.42. The smallest absolute Gasteiger partial charge is 0.355 e. The van der Waals surface area contributed by atoms with E-state index in [-0.39, 0.29) is 30.2 Å². The van der Waals surface area contributed by atoms with Crippen LogP contribution in [0.2, 0.25) is 0 Å². The van der Waals surface area contributed by atoms with Crippen LogP contribution in [0.5, 0.6) is 0 Å². The number of halogens is 1. The van der Waals surface area contributed by atoms with Gasteiger partial charge in [0.15, 0.2) is 0 Å². The molecule has 0 bridgehead atoms. The molecule has 3 aromatic rings. The molecule has 0 unspecified atom stereocenters. The van der Waals surface area contributed by atoms with Gasteiger partial charge in [-0.2, -0.15) is 0 Å². The Bertz CT molecular complexity index is 1350. The number of likely N-dealkylation sites (tertiary alicyclic amines) is 1. The Hall–Kier alpha value is -3.72. The number of aryl methyl sites for hydroxylation is 1. The van der Waals surface area contributed by atoms with Gasteiger partial charge >= 0.3 is 5.97 Å². The van der Waals surface area contributed by atoms with Gasteiger partial charge in [-0.25, -0.2) is 4.79 Å². The van der Waals surface area contributed by atoms with Crippen molar-refractivity contribution in [1.82, 2.24) is 14.9 Å². The van der Waals surface area contributed by atoms with Crippen molar-refractivity contribution in [3.05, 3.63) is 92.5 Å². The van der Waals surface area contributed by atoms with Gasteiger partial charge in [0.25, 0.3) is 11.7 Å². The number of ether oxygens (including phenoxy) is 1. The number of aliphatic hydroxyl groups is 1. The lowest BCUT2D eigenvalue weighted by Gasteiger charge is -2.25. The maximum absolute atomic E-state index is 13.3. The number of hydrogen-bond acceptors (Lipinski definition) is 6. The molecular weight excluding hydrogens is 514 g/mol. The Morgan fingerprint density at radius 3 is 2.66 bits per heavy atom. The Balaban J connectivity index is 1.90. The van der Waals surface area contributed by atoms with Crippen LogP contribution in [0.15, 0.2) is 58.8 Å². The molecule has 0 aliphatic carbocycles. The van der Waals surface area contributed by atoms with Crippen LogP contribution < -0.4 is 0 Å². The average Bonchev–Trinajstić information content (AvgIpc) is 3.27. The molecule has 0 spiro atoms. The third-order valence-corrected chi connectivity index (χ3v) is 6.43. The van der Waals surface area contributed by atoms with Crippen LogP contribution in [-0.2, 0) is 20.9 Å². The van der Waals surface area contributed by atoms with Crippen LogP contribution in [0.25, 0.3) is 5.76 Å². The van der Waals surface area contributed by atoms with Crippen molar-refractivity contribution >= 4 is 39.3 Å². The quantitative estimate of drug-likeness (QED) is 0.206. The highest BCUT2D eigenvalue weighted by atomic mass is 79.9. The van der Waals surface area contributed by atoms with E-state index in [1.807, 2.05) is 12.1 Å². The predicted molar refractivity (Wildman–Crippen MR) is 132 cm³/mol. The topological polar surface area (TPSA) is 113 Å². The fourth-order valence-corrected chi connectivity index (χ4v) is 4.82. The molecule has 0 radical (unpaired) electrons. The van der Waals surface area contributed by atoms with Crippen LogP contribution >= 0.6 is 15.9 Å².